The first-order chi connectivity index (χ1) is 8.65. The van der Waals surface area contributed by atoms with E-state index in [0.29, 0.717) is 25.1 Å². The average Bonchev–Trinajstić information content (AvgIpc) is 3.07. The molecule has 3 rings (SSSR count). The number of morpholine rings is 1. The van der Waals surface area contributed by atoms with Gasteiger partial charge in [0.15, 0.2) is 0 Å². The van der Waals surface area contributed by atoms with Gasteiger partial charge in [-0.15, -0.1) is 0 Å². The maximum absolute atomic E-state index is 5.75. The summed E-state index contributed by atoms with van der Waals surface area (Å²) in [6.45, 7) is 5.14. The fourth-order valence-corrected chi connectivity index (χ4v) is 1.92. The summed E-state index contributed by atoms with van der Waals surface area (Å²) in [5.74, 6) is 1.47. The summed E-state index contributed by atoms with van der Waals surface area (Å²) in [5, 5.41) is 3.31. The molecule has 2 fully saturated rings. The Labute approximate surface area is 106 Å². The normalized spacial score (nSPS) is 21.7. The average molecular weight is 250 g/mol. The Morgan fingerprint density at radius 2 is 1.94 bits per heavy atom. The molecule has 0 unspecified atom stereocenters. The minimum absolute atomic E-state index is 0.135. The summed E-state index contributed by atoms with van der Waals surface area (Å²) < 4.78 is 5.31. The van der Waals surface area contributed by atoms with Crippen LogP contribution in [0.1, 0.15) is 19.8 Å². The van der Waals surface area contributed by atoms with Gasteiger partial charge in [-0.2, -0.15) is 15.0 Å². The number of aromatic nitrogens is 3. The Morgan fingerprint density at radius 1 is 1.22 bits per heavy atom. The molecule has 1 saturated heterocycles. The van der Waals surface area contributed by atoms with Crippen LogP contribution >= 0.6 is 0 Å². The molecule has 0 bridgehead atoms. The largest absolute Gasteiger partial charge is 0.378 e. The van der Waals surface area contributed by atoms with Crippen molar-refractivity contribution in [3.05, 3.63) is 0 Å². The van der Waals surface area contributed by atoms with Crippen LogP contribution < -0.4 is 16.0 Å². The zero-order chi connectivity index (χ0) is 12.6. The quantitative estimate of drug-likeness (QED) is 0.795. The van der Waals surface area contributed by atoms with Gasteiger partial charge in [-0.25, -0.2) is 0 Å². The number of nitrogens with zero attached hydrogens (tertiary/aromatic N) is 4. The topological polar surface area (TPSA) is 89.2 Å². The molecule has 2 heterocycles. The van der Waals surface area contributed by atoms with E-state index in [2.05, 4.69) is 32.1 Å². The number of rotatable bonds is 3. The maximum atomic E-state index is 5.75. The van der Waals surface area contributed by atoms with Crippen LogP contribution in [0.25, 0.3) is 0 Å². The molecular formula is C11H18N6O. The van der Waals surface area contributed by atoms with Crippen LogP contribution in [0.5, 0.6) is 0 Å². The zero-order valence-electron chi connectivity index (χ0n) is 10.5. The number of hydrogen-bond donors (Lipinski definition) is 2. The molecule has 1 aromatic rings. The van der Waals surface area contributed by atoms with Gasteiger partial charge >= 0.3 is 0 Å². The van der Waals surface area contributed by atoms with Crippen LogP contribution in [0.3, 0.4) is 0 Å². The van der Waals surface area contributed by atoms with Crippen LogP contribution in [-0.4, -0.2) is 46.8 Å². The third kappa shape index (κ3) is 2.45. The first-order valence-corrected chi connectivity index (χ1v) is 6.27. The van der Waals surface area contributed by atoms with Gasteiger partial charge in [-0.05, 0) is 19.8 Å². The highest BCUT2D eigenvalue weighted by Crippen LogP contribution is 2.37. The highest BCUT2D eigenvalue weighted by Gasteiger charge is 2.38. The van der Waals surface area contributed by atoms with E-state index in [1.807, 2.05) is 0 Å². The Hall–Kier alpha value is -1.63. The lowest BCUT2D eigenvalue weighted by Gasteiger charge is -2.27. The monoisotopic (exact) mass is 250 g/mol. The van der Waals surface area contributed by atoms with Crippen molar-refractivity contribution < 1.29 is 4.74 Å². The van der Waals surface area contributed by atoms with Gasteiger partial charge in [0.25, 0.3) is 0 Å². The lowest BCUT2D eigenvalue weighted by Crippen LogP contribution is -2.37. The Balaban J connectivity index is 1.80. The van der Waals surface area contributed by atoms with E-state index in [0.717, 1.165) is 25.9 Å². The van der Waals surface area contributed by atoms with Crippen molar-refractivity contribution in [3.8, 4) is 0 Å². The minimum Gasteiger partial charge on any atom is -0.378 e. The molecule has 7 nitrogen and oxygen atoms in total. The van der Waals surface area contributed by atoms with Crippen molar-refractivity contribution in [1.29, 1.82) is 0 Å². The van der Waals surface area contributed by atoms with Gasteiger partial charge in [-0.1, -0.05) is 0 Å². The summed E-state index contributed by atoms with van der Waals surface area (Å²) in [6, 6.07) is 0. The van der Waals surface area contributed by atoms with Crippen LogP contribution in [0.15, 0.2) is 0 Å². The molecule has 0 atom stereocenters. The number of nitrogen functional groups attached to an aromatic ring is 1. The lowest BCUT2D eigenvalue weighted by atomic mass is 10.3. The standard InChI is InChI=1S/C11H18N6O/c1-11(2-3-11)16-9-13-8(12)14-10(15-9)17-4-6-18-7-5-17/h2-7H2,1H3,(H3,12,13,14,15,16). The number of nitrogens with two attached hydrogens (primary N) is 1. The van der Waals surface area contributed by atoms with Crippen LogP contribution in [0.4, 0.5) is 17.8 Å². The van der Waals surface area contributed by atoms with Gasteiger partial charge in [0, 0.05) is 18.6 Å². The Morgan fingerprint density at radius 3 is 2.61 bits per heavy atom. The van der Waals surface area contributed by atoms with Gasteiger partial charge < -0.3 is 20.7 Å². The van der Waals surface area contributed by atoms with Crippen molar-refractivity contribution >= 4 is 17.8 Å². The van der Waals surface area contributed by atoms with Crippen molar-refractivity contribution in [2.45, 2.75) is 25.3 Å². The number of hydrogen-bond acceptors (Lipinski definition) is 7. The van der Waals surface area contributed by atoms with Gasteiger partial charge in [0.05, 0.1) is 13.2 Å². The lowest BCUT2D eigenvalue weighted by molar-refractivity contribution is 0.122. The van der Waals surface area contributed by atoms with E-state index in [1.54, 1.807) is 0 Å². The first-order valence-electron chi connectivity index (χ1n) is 6.27. The maximum Gasteiger partial charge on any atom is 0.232 e. The predicted octanol–water partition coefficient (Wildman–Crippen LogP) is 0.255. The Kier molecular flexibility index (Phi) is 2.70. The second-order valence-electron chi connectivity index (χ2n) is 5.10. The zero-order valence-corrected chi connectivity index (χ0v) is 10.5. The molecule has 1 saturated carbocycles. The molecule has 0 spiro atoms. The predicted molar refractivity (Wildman–Crippen MR) is 68.5 cm³/mol. The van der Waals surface area contributed by atoms with Gasteiger partial charge in [-0.3, -0.25) is 0 Å². The highest BCUT2D eigenvalue weighted by atomic mass is 16.5. The molecule has 0 radical (unpaired) electrons. The van der Waals surface area contributed by atoms with Crippen molar-refractivity contribution in [3.63, 3.8) is 0 Å². The molecule has 0 amide bonds. The smallest absolute Gasteiger partial charge is 0.232 e. The fourth-order valence-electron chi connectivity index (χ4n) is 1.92. The summed E-state index contributed by atoms with van der Waals surface area (Å²) in [5.41, 5.74) is 5.88. The summed E-state index contributed by atoms with van der Waals surface area (Å²) in [4.78, 5) is 14.8. The van der Waals surface area contributed by atoms with Crippen molar-refractivity contribution in [1.82, 2.24) is 15.0 Å². The number of anilines is 3. The van der Waals surface area contributed by atoms with E-state index >= 15 is 0 Å². The Bertz CT molecular complexity index is 441. The van der Waals surface area contributed by atoms with E-state index in [9.17, 15) is 0 Å². The molecular weight excluding hydrogens is 232 g/mol. The first kappa shape index (κ1) is 11.5. The molecule has 2 aliphatic rings. The van der Waals surface area contributed by atoms with Gasteiger partial charge in [0.1, 0.15) is 0 Å². The number of nitrogens with one attached hydrogen (secondary N) is 1. The summed E-state index contributed by atoms with van der Waals surface area (Å²) in [7, 11) is 0. The second kappa shape index (κ2) is 4.24. The number of ether oxygens (including phenoxy) is 1. The third-order valence-corrected chi connectivity index (χ3v) is 3.35. The molecule has 1 aliphatic carbocycles. The van der Waals surface area contributed by atoms with E-state index in [4.69, 9.17) is 10.5 Å². The summed E-state index contributed by atoms with van der Waals surface area (Å²) >= 11 is 0. The van der Waals surface area contributed by atoms with Crippen molar-refractivity contribution in [2.75, 3.05) is 42.3 Å². The molecule has 1 aliphatic heterocycles. The van der Waals surface area contributed by atoms with Crippen LogP contribution in [-0.2, 0) is 4.74 Å². The SMILES string of the molecule is CC1(Nc2nc(N)nc(N3CCOCC3)n2)CC1. The van der Waals surface area contributed by atoms with E-state index in [-0.39, 0.29) is 11.5 Å². The minimum atomic E-state index is 0.135. The third-order valence-electron chi connectivity index (χ3n) is 3.35. The van der Waals surface area contributed by atoms with Crippen molar-refractivity contribution in [2.24, 2.45) is 0 Å². The van der Waals surface area contributed by atoms with Crippen LogP contribution in [0.2, 0.25) is 0 Å². The van der Waals surface area contributed by atoms with Gasteiger partial charge in [0.2, 0.25) is 17.8 Å². The molecule has 1 aromatic heterocycles. The highest BCUT2D eigenvalue weighted by molar-refractivity contribution is 5.44. The molecule has 7 heteroatoms. The second-order valence-corrected chi connectivity index (χ2v) is 5.10. The molecule has 98 valence electrons. The molecule has 0 aromatic carbocycles. The van der Waals surface area contributed by atoms with Crippen LogP contribution in [0, 0.1) is 0 Å². The summed E-state index contributed by atoms with van der Waals surface area (Å²) in [6.07, 6.45) is 2.29. The van der Waals surface area contributed by atoms with E-state index in [1.165, 1.54) is 0 Å². The molecule has 18 heavy (non-hydrogen) atoms. The fraction of sp³-hybridized carbons (Fsp3) is 0.727. The van der Waals surface area contributed by atoms with E-state index < -0.39 is 0 Å². The molecule has 3 N–H and O–H groups in total.